The smallest absolute Gasteiger partial charge is 0.293 e. The van der Waals surface area contributed by atoms with Gasteiger partial charge in [0.2, 0.25) is 0 Å². The van der Waals surface area contributed by atoms with Crippen molar-refractivity contribution in [1.29, 1.82) is 0 Å². The highest BCUT2D eigenvalue weighted by atomic mass is 32.1. The summed E-state index contributed by atoms with van der Waals surface area (Å²) in [5, 5.41) is 10.8. The number of rotatable bonds is 5. The fourth-order valence-corrected chi connectivity index (χ4v) is 2.32. The van der Waals surface area contributed by atoms with Crippen molar-refractivity contribution in [3.63, 3.8) is 0 Å². The van der Waals surface area contributed by atoms with E-state index in [9.17, 15) is 19.7 Å². The van der Waals surface area contributed by atoms with Crippen LogP contribution < -0.4 is 11.2 Å². The van der Waals surface area contributed by atoms with Gasteiger partial charge >= 0.3 is 16.9 Å². The molecule has 7 nitrogen and oxygen atoms in total. The first kappa shape index (κ1) is 15.0. The molecule has 1 atom stereocenters. The Balaban J connectivity index is 2.38. The Labute approximate surface area is 124 Å². The first-order chi connectivity index (χ1) is 10.0. The molecule has 1 heterocycles. The molecule has 0 amide bonds. The second-order valence-corrected chi connectivity index (χ2v) is 4.84. The van der Waals surface area contributed by atoms with Crippen LogP contribution >= 0.6 is 12.6 Å². The first-order valence-corrected chi connectivity index (χ1v) is 6.80. The van der Waals surface area contributed by atoms with Gasteiger partial charge in [-0.05, 0) is 11.3 Å². The van der Waals surface area contributed by atoms with Crippen molar-refractivity contribution in [2.24, 2.45) is 0 Å². The number of nitrogens with zero attached hydrogens (tertiary/aromatic N) is 2. The maximum atomic E-state index is 11.8. The first-order valence-electron chi connectivity index (χ1n) is 6.17. The molecule has 8 heteroatoms. The van der Waals surface area contributed by atoms with Gasteiger partial charge in [0.25, 0.3) is 0 Å². The van der Waals surface area contributed by atoms with Gasteiger partial charge in [-0.3, -0.25) is 24.5 Å². The molecule has 2 rings (SSSR count). The molecule has 0 aliphatic heterocycles. The molecule has 0 fully saturated rings. The normalized spacial score (nSPS) is 12.0. The predicted molar refractivity (Wildman–Crippen MR) is 81.0 cm³/mol. The molecule has 0 radical (unpaired) electrons. The molecular formula is C13H13N3O4S. The molecule has 0 spiro atoms. The molecule has 0 aliphatic rings. The van der Waals surface area contributed by atoms with E-state index in [1.165, 1.54) is 0 Å². The lowest BCUT2D eigenvalue weighted by atomic mass is 10.0. The number of hydrogen-bond acceptors (Lipinski definition) is 5. The average Bonchev–Trinajstić information content (AvgIpc) is 2.47. The molecule has 110 valence electrons. The van der Waals surface area contributed by atoms with Gasteiger partial charge in [-0.15, -0.1) is 0 Å². The van der Waals surface area contributed by atoms with Crippen molar-refractivity contribution in [1.82, 2.24) is 9.55 Å². The summed E-state index contributed by atoms with van der Waals surface area (Å²) in [6.45, 7) is 0.198. The number of nitrogens with one attached hydrogen (secondary N) is 1. The van der Waals surface area contributed by atoms with E-state index in [4.69, 9.17) is 0 Å². The van der Waals surface area contributed by atoms with Gasteiger partial charge in [-0.25, -0.2) is 4.79 Å². The third-order valence-corrected chi connectivity index (χ3v) is 3.54. The summed E-state index contributed by atoms with van der Waals surface area (Å²) in [6.07, 6.45) is 0.973. The van der Waals surface area contributed by atoms with Gasteiger partial charge in [-0.2, -0.15) is 12.6 Å². The third kappa shape index (κ3) is 3.40. The predicted octanol–water partition coefficient (Wildman–Crippen LogP) is 1.16. The molecular weight excluding hydrogens is 294 g/mol. The Kier molecular flexibility index (Phi) is 4.59. The van der Waals surface area contributed by atoms with Gasteiger partial charge in [0.1, 0.15) is 0 Å². The van der Waals surface area contributed by atoms with Gasteiger partial charge in [-0.1, -0.05) is 30.3 Å². The minimum Gasteiger partial charge on any atom is -0.293 e. The number of aromatic amines is 1. The molecule has 1 N–H and O–H groups in total. The highest BCUT2D eigenvalue weighted by Crippen LogP contribution is 2.18. The fraction of sp³-hybridized carbons (Fsp3) is 0.231. The fourth-order valence-electron chi connectivity index (χ4n) is 1.99. The summed E-state index contributed by atoms with van der Waals surface area (Å²) in [5.41, 5.74) is -1.36. The van der Waals surface area contributed by atoms with Crippen LogP contribution in [-0.2, 0) is 6.54 Å². The Hall–Kier alpha value is -2.35. The zero-order valence-corrected chi connectivity index (χ0v) is 11.8. The SMILES string of the molecule is O=c1[nH]c(=O)n(CC(CS)c2ccccc2)cc1[N+](=O)[O-]. The topological polar surface area (TPSA) is 98.0 Å². The zero-order valence-electron chi connectivity index (χ0n) is 10.9. The average molecular weight is 307 g/mol. The van der Waals surface area contributed by atoms with Crippen LogP contribution in [0.15, 0.2) is 46.1 Å². The second kappa shape index (κ2) is 6.40. The summed E-state index contributed by atoms with van der Waals surface area (Å²) in [6, 6.07) is 9.39. The summed E-state index contributed by atoms with van der Waals surface area (Å²) >= 11 is 4.26. The summed E-state index contributed by atoms with van der Waals surface area (Å²) < 4.78 is 1.13. The minimum atomic E-state index is -0.997. The highest BCUT2D eigenvalue weighted by Gasteiger charge is 2.17. The van der Waals surface area contributed by atoms with E-state index in [1.807, 2.05) is 35.3 Å². The van der Waals surface area contributed by atoms with Crippen LogP contribution in [0.3, 0.4) is 0 Å². The Morgan fingerprint density at radius 1 is 1.29 bits per heavy atom. The maximum absolute atomic E-state index is 11.8. The van der Waals surface area contributed by atoms with Crippen LogP contribution in [0.1, 0.15) is 11.5 Å². The standard InChI is InChI=1S/C13H13N3O4S/c17-12-11(16(19)20)7-15(13(18)14-12)6-10(8-21)9-4-2-1-3-5-9/h1-5,7,10,21H,6,8H2,(H,14,17,18). The van der Waals surface area contributed by atoms with E-state index in [0.29, 0.717) is 5.75 Å². The van der Waals surface area contributed by atoms with Gasteiger partial charge in [0.05, 0.1) is 11.1 Å². The number of hydrogen-bond donors (Lipinski definition) is 2. The van der Waals surface area contributed by atoms with Gasteiger partial charge < -0.3 is 0 Å². The second-order valence-electron chi connectivity index (χ2n) is 4.47. The van der Waals surface area contributed by atoms with E-state index in [2.05, 4.69) is 12.6 Å². The van der Waals surface area contributed by atoms with Crippen molar-refractivity contribution in [3.05, 3.63) is 73.0 Å². The Morgan fingerprint density at radius 2 is 1.95 bits per heavy atom. The van der Waals surface area contributed by atoms with Crippen molar-refractivity contribution < 1.29 is 4.92 Å². The van der Waals surface area contributed by atoms with Crippen molar-refractivity contribution in [2.75, 3.05) is 5.75 Å². The Morgan fingerprint density at radius 3 is 2.52 bits per heavy atom. The molecule has 0 bridgehead atoms. The Bertz CT molecular complexity index is 754. The number of thiol groups is 1. The lowest BCUT2D eigenvalue weighted by Gasteiger charge is -2.15. The van der Waals surface area contributed by atoms with Crippen LogP contribution in [0.25, 0.3) is 0 Å². The van der Waals surface area contributed by atoms with E-state index >= 15 is 0 Å². The molecule has 1 aromatic carbocycles. The number of benzene rings is 1. The zero-order chi connectivity index (χ0) is 15.4. The van der Waals surface area contributed by atoms with Crippen molar-refractivity contribution in [3.8, 4) is 0 Å². The molecule has 1 aromatic heterocycles. The molecule has 0 saturated carbocycles. The summed E-state index contributed by atoms with van der Waals surface area (Å²) in [5.74, 6) is 0.362. The van der Waals surface area contributed by atoms with Crippen molar-refractivity contribution in [2.45, 2.75) is 12.5 Å². The van der Waals surface area contributed by atoms with Crippen LogP contribution in [0, 0.1) is 10.1 Å². The van der Waals surface area contributed by atoms with E-state index in [-0.39, 0.29) is 12.5 Å². The van der Waals surface area contributed by atoms with E-state index < -0.39 is 21.9 Å². The molecule has 1 unspecified atom stereocenters. The number of H-pyrrole nitrogens is 1. The monoisotopic (exact) mass is 307 g/mol. The van der Waals surface area contributed by atoms with Crippen LogP contribution in [-0.4, -0.2) is 20.2 Å². The van der Waals surface area contributed by atoms with Crippen LogP contribution in [0.2, 0.25) is 0 Å². The lowest BCUT2D eigenvalue weighted by molar-refractivity contribution is -0.386. The van der Waals surface area contributed by atoms with E-state index in [0.717, 1.165) is 16.3 Å². The number of aromatic nitrogens is 2. The van der Waals surface area contributed by atoms with Gasteiger partial charge in [0, 0.05) is 12.5 Å². The summed E-state index contributed by atoms with van der Waals surface area (Å²) in [4.78, 5) is 35.0. The molecule has 2 aromatic rings. The third-order valence-electron chi connectivity index (χ3n) is 3.10. The van der Waals surface area contributed by atoms with Crippen LogP contribution in [0.4, 0.5) is 5.69 Å². The quantitative estimate of drug-likeness (QED) is 0.492. The summed E-state index contributed by atoms with van der Waals surface area (Å²) in [7, 11) is 0. The highest BCUT2D eigenvalue weighted by molar-refractivity contribution is 7.80. The molecule has 21 heavy (non-hydrogen) atoms. The largest absolute Gasteiger partial charge is 0.350 e. The van der Waals surface area contributed by atoms with Crippen molar-refractivity contribution >= 4 is 18.3 Å². The van der Waals surface area contributed by atoms with Gasteiger partial charge in [0.15, 0.2) is 0 Å². The van der Waals surface area contributed by atoms with Crippen LogP contribution in [0.5, 0.6) is 0 Å². The number of nitro groups is 1. The minimum absolute atomic E-state index is 0.0993. The maximum Gasteiger partial charge on any atom is 0.350 e. The molecule has 0 aliphatic carbocycles. The van der Waals surface area contributed by atoms with E-state index in [1.54, 1.807) is 0 Å². The lowest BCUT2D eigenvalue weighted by Crippen LogP contribution is -2.32. The molecule has 0 saturated heterocycles.